The molecule has 0 atom stereocenters. The van der Waals surface area contributed by atoms with E-state index in [2.05, 4.69) is 20.3 Å². The Hall–Kier alpha value is -3.94. The molecule has 0 aliphatic carbocycles. The van der Waals surface area contributed by atoms with Gasteiger partial charge in [-0.1, -0.05) is 24.3 Å². The Kier molecular flexibility index (Phi) is 3.92. The summed E-state index contributed by atoms with van der Waals surface area (Å²) in [5.41, 5.74) is 1.23. The van der Waals surface area contributed by atoms with E-state index < -0.39 is 6.09 Å². The first-order chi connectivity index (χ1) is 13.0. The fraction of sp³-hybridized carbons (Fsp3) is 0.0526. The minimum absolute atomic E-state index is 0.314. The lowest BCUT2D eigenvalue weighted by Gasteiger charge is -2.13. The van der Waals surface area contributed by atoms with Crippen LogP contribution < -0.4 is 15.6 Å². The molecule has 2 aromatic heterocycles. The maximum absolute atomic E-state index is 11.9. The Labute approximate surface area is 152 Å². The van der Waals surface area contributed by atoms with Gasteiger partial charge in [0.2, 0.25) is 0 Å². The van der Waals surface area contributed by atoms with Crippen molar-refractivity contribution >= 4 is 33.7 Å². The molecule has 8 nitrogen and oxygen atoms in total. The van der Waals surface area contributed by atoms with Gasteiger partial charge in [-0.15, -0.1) is 0 Å². The van der Waals surface area contributed by atoms with E-state index in [4.69, 9.17) is 9.84 Å². The van der Waals surface area contributed by atoms with Crippen LogP contribution >= 0.6 is 0 Å². The Morgan fingerprint density at radius 3 is 2.67 bits per heavy atom. The van der Waals surface area contributed by atoms with E-state index in [0.29, 0.717) is 39.4 Å². The number of aromatic nitrogens is 3. The molecule has 8 heteroatoms. The zero-order valence-corrected chi connectivity index (χ0v) is 14.2. The van der Waals surface area contributed by atoms with Crippen molar-refractivity contribution in [1.29, 1.82) is 0 Å². The van der Waals surface area contributed by atoms with Gasteiger partial charge < -0.3 is 14.8 Å². The number of aryl methyl sites for hydroxylation is 1. The van der Waals surface area contributed by atoms with Crippen LogP contribution in [0.4, 0.5) is 10.5 Å². The molecule has 4 rings (SSSR count). The number of aromatic amines is 1. The van der Waals surface area contributed by atoms with Crippen molar-refractivity contribution in [2.24, 2.45) is 0 Å². The summed E-state index contributed by atoms with van der Waals surface area (Å²) in [5, 5.41) is 12.8. The normalized spacial score (nSPS) is 10.9. The molecule has 27 heavy (non-hydrogen) atoms. The number of amides is 1. The van der Waals surface area contributed by atoms with Gasteiger partial charge in [-0.2, -0.15) is 0 Å². The van der Waals surface area contributed by atoms with Crippen molar-refractivity contribution in [2.75, 3.05) is 5.32 Å². The Morgan fingerprint density at radius 2 is 1.89 bits per heavy atom. The summed E-state index contributed by atoms with van der Waals surface area (Å²) in [5.74, 6) is 0.907. The van der Waals surface area contributed by atoms with Crippen molar-refractivity contribution in [1.82, 2.24) is 15.0 Å². The monoisotopic (exact) mass is 362 g/mol. The van der Waals surface area contributed by atoms with Crippen molar-refractivity contribution in [3.8, 4) is 11.5 Å². The summed E-state index contributed by atoms with van der Waals surface area (Å²) in [6.07, 6.45) is 0.401. The molecule has 4 aromatic rings. The molecule has 0 aliphatic rings. The molecule has 0 spiro atoms. The highest BCUT2D eigenvalue weighted by molar-refractivity contribution is 6.02. The minimum Gasteiger partial charge on any atom is -0.465 e. The highest BCUT2D eigenvalue weighted by Gasteiger charge is 2.12. The van der Waals surface area contributed by atoms with Crippen LogP contribution in [0.5, 0.6) is 11.5 Å². The molecule has 0 aliphatic heterocycles. The first-order valence-electron chi connectivity index (χ1n) is 8.08. The first kappa shape index (κ1) is 16.5. The van der Waals surface area contributed by atoms with Gasteiger partial charge in [-0.3, -0.25) is 10.1 Å². The molecule has 0 saturated heterocycles. The van der Waals surface area contributed by atoms with Crippen LogP contribution in [0.25, 0.3) is 21.9 Å². The molecular formula is C19H14N4O4. The van der Waals surface area contributed by atoms with Crippen molar-refractivity contribution in [3.63, 3.8) is 0 Å². The number of carboxylic acid groups (broad SMARTS) is 1. The predicted molar refractivity (Wildman–Crippen MR) is 101 cm³/mol. The predicted octanol–water partition coefficient (Wildman–Crippen LogP) is 3.66. The molecule has 1 amide bonds. The summed E-state index contributed by atoms with van der Waals surface area (Å²) >= 11 is 0. The summed E-state index contributed by atoms with van der Waals surface area (Å²) in [6.45, 7) is 1.61. The second-order valence-electron chi connectivity index (χ2n) is 5.85. The fourth-order valence-electron chi connectivity index (χ4n) is 2.84. The number of nitrogens with one attached hydrogen (secondary N) is 2. The van der Waals surface area contributed by atoms with Gasteiger partial charge in [0.25, 0.3) is 5.56 Å². The zero-order valence-electron chi connectivity index (χ0n) is 14.2. The van der Waals surface area contributed by atoms with Crippen LogP contribution in [-0.2, 0) is 0 Å². The fourth-order valence-corrected chi connectivity index (χ4v) is 2.84. The summed E-state index contributed by atoms with van der Waals surface area (Å²) < 4.78 is 6.03. The highest BCUT2D eigenvalue weighted by atomic mass is 16.5. The van der Waals surface area contributed by atoms with E-state index in [1.54, 1.807) is 37.4 Å². The summed E-state index contributed by atoms with van der Waals surface area (Å²) in [6, 6.07) is 12.2. The van der Waals surface area contributed by atoms with Crippen molar-refractivity contribution in [3.05, 3.63) is 64.7 Å². The summed E-state index contributed by atoms with van der Waals surface area (Å²) in [4.78, 5) is 34.0. The summed E-state index contributed by atoms with van der Waals surface area (Å²) in [7, 11) is 0. The number of anilines is 1. The molecule has 0 radical (unpaired) electrons. The number of ether oxygens (including phenoxy) is 1. The molecule has 0 fully saturated rings. The number of fused-ring (bicyclic) bond motifs is 2. The van der Waals surface area contributed by atoms with Gasteiger partial charge in [-0.25, -0.2) is 14.8 Å². The third-order valence-corrected chi connectivity index (χ3v) is 4.08. The van der Waals surface area contributed by atoms with Gasteiger partial charge >= 0.3 is 6.09 Å². The van der Waals surface area contributed by atoms with Gasteiger partial charge in [0.1, 0.15) is 17.0 Å². The van der Waals surface area contributed by atoms with Crippen LogP contribution in [0.1, 0.15) is 5.69 Å². The topological polar surface area (TPSA) is 117 Å². The molecule has 0 bridgehead atoms. The largest absolute Gasteiger partial charge is 0.465 e. The lowest BCUT2D eigenvalue weighted by Crippen LogP contribution is -2.12. The number of H-pyrrole nitrogens is 1. The third-order valence-electron chi connectivity index (χ3n) is 4.08. The standard InChI is InChI=1S/C19H14N4O4/c1-10-18(24)23-16-15(8-9-20-17(16)21-10)27-14-7-6-13(22-19(25)26)11-4-2-3-5-12(11)14/h2-9,22H,1H3,(H,23,24)(H,25,26). The van der Waals surface area contributed by atoms with Gasteiger partial charge in [0.05, 0.1) is 5.69 Å². The van der Waals surface area contributed by atoms with E-state index in [9.17, 15) is 9.59 Å². The Bertz CT molecular complexity index is 1250. The minimum atomic E-state index is -1.15. The molecule has 3 N–H and O–H groups in total. The molecule has 0 unspecified atom stereocenters. The van der Waals surface area contributed by atoms with Crippen molar-refractivity contribution < 1.29 is 14.6 Å². The lowest BCUT2D eigenvalue weighted by atomic mass is 10.1. The molecule has 2 heterocycles. The highest BCUT2D eigenvalue weighted by Crippen LogP contribution is 2.35. The average molecular weight is 362 g/mol. The van der Waals surface area contributed by atoms with E-state index in [-0.39, 0.29) is 5.56 Å². The van der Waals surface area contributed by atoms with Crippen LogP contribution in [0, 0.1) is 6.92 Å². The van der Waals surface area contributed by atoms with E-state index >= 15 is 0 Å². The molecule has 0 saturated carbocycles. The van der Waals surface area contributed by atoms with Crippen molar-refractivity contribution in [2.45, 2.75) is 6.92 Å². The molecule has 2 aromatic carbocycles. The van der Waals surface area contributed by atoms with Gasteiger partial charge in [-0.05, 0) is 19.1 Å². The third kappa shape index (κ3) is 3.04. The van der Waals surface area contributed by atoms with Crippen LogP contribution in [0.2, 0.25) is 0 Å². The number of rotatable bonds is 3. The zero-order chi connectivity index (χ0) is 19.0. The van der Waals surface area contributed by atoms with Crippen LogP contribution in [0.3, 0.4) is 0 Å². The second kappa shape index (κ2) is 6.41. The smallest absolute Gasteiger partial charge is 0.409 e. The Balaban J connectivity index is 1.85. The molecular weight excluding hydrogens is 348 g/mol. The number of nitrogens with zero attached hydrogens (tertiary/aromatic N) is 2. The van der Waals surface area contributed by atoms with E-state index in [1.165, 1.54) is 0 Å². The lowest BCUT2D eigenvalue weighted by molar-refractivity contribution is 0.210. The number of hydrogen-bond acceptors (Lipinski definition) is 5. The SMILES string of the molecule is Cc1nc2nccc(Oc3ccc(NC(=O)O)c4ccccc34)c2[nH]c1=O. The Morgan fingerprint density at radius 1 is 1.11 bits per heavy atom. The first-order valence-corrected chi connectivity index (χ1v) is 8.08. The number of hydrogen-bond donors (Lipinski definition) is 3. The van der Waals surface area contributed by atoms with Gasteiger partial charge in [0.15, 0.2) is 11.4 Å². The quantitative estimate of drug-likeness (QED) is 0.512. The number of benzene rings is 2. The average Bonchev–Trinajstić information content (AvgIpc) is 2.65. The maximum atomic E-state index is 11.9. The van der Waals surface area contributed by atoms with Crippen LogP contribution in [0.15, 0.2) is 53.5 Å². The second-order valence-corrected chi connectivity index (χ2v) is 5.85. The molecule has 134 valence electrons. The van der Waals surface area contributed by atoms with E-state index in [0.717, 1.165) is 5.39 Å². The van der Waals surface area contributed by atoms with Gasteiger partial charge in [0, 0.05) is 23.0 Å². The van der Waals surface area contributed by atoms with E-state index in [1.807, 2.05) is 18.2 Å². The maximum Gasteiger partial charge on any atom is 0.409 e. The van der Waals surface area contributed by atoms with Crippen LogP contribution in [-0.4, -0.2) is 26.2 Å². The number of pyridine rings is 1. The number of carbonyl (C=O) groups is 1.